The summed E-state index contributed by atoms with van der Waals surface area (Å²) in [5.41, 5.74) is -1.38. The van der Waals surface area contributed by atoms with Crippen LogP contribution in [0.2, 0.25) is 38.3 Å². The molecule has 13 heteroatoms. The summed E-state index contributed by atoms with van der Waals surface area (Å²) in [6.45, 7) is 37.3. The topological polar surface area (TPSA) is 127 Å². The van der Waals surface area contributed by atoms with Gasteiger partial charge in [-0.1, -0.05) is 47.5 Å². The van der Waals surface area contributed by atoms with Gasteiger partial charge in [-0.2, -0.15) is 0 Å². The minimum Gasteiger partial charge on any atom is -0.469 e. The molecule has 0 aromatic heterocycles. The van der Waals surface area contributed by atoms with Crippen LogP contribution in [0.3, 0.4) is 0 Å². The molecular formula is C43H91NO10Si2. The number of likely N-dealkylation sites (N-methyl/N-ethyl adjacent to an activating group) is 1. The molecule has 0 atom stereocenters. The van der Waals surface area contributed by atoms with Crippen LogP contribution < -0.4 is 0 Å². The second kappa shape index (κ2) is 30.3. The Balaban J connectivity index is -0.000000342. The van der Waals surface area contributed by atoms with Gasteiger partial charge in [-0.25, -0.2) is 0 Å². The minimum absolute atomic E-state index is 0.0759. The number of nitrogens with zero attached hydrogens (tertiary/aromatic N) is 1. The maximum atomic E-state index is 11.9. The quantitative estimate of drug-likeness (QED) is 0.0422. The van der Waals surface area contributed by atoms with E-state index in [0.29, 0.717) is 26.4 Å². The molecule has 0 aromatic carbocycles. The van der Waals surface area contributed by atoms with Crippen molar-refractivity contribution in [3.05, 3.63) is 0 Å². The molecule has 0 aliphatic carbocycles. The highest BCUT2D eigenvalue weighted by Crippen LogP contribution is 2.26. The van der Waals surface area contributed by atoms with Gasteiger partial charge in [0.2, 0.25) is 0 Å². The number of hydrogen-bond donors (Lipinski definition) is 0. The van der Waals surface area contributed by atoms with Gasteiger partial charge in [-0.05, 0) is 140 Å². The molecule has 0 unspecified atom stereocenters. The Morgan fingerprint density at radius 3 is 1.14 bits per heavy atom. The number of hydrogen-bond acceptors (Lipinski definition) is 11. The Labute approximate surface area is 347 Å². The smallest absolute Gasteiger partial charge is 0.311 e. The molecule has 0 spiro atoms. The second-order valence-electron chi connectivity index (χ2n) is 18.5. The Kier molecular flexibility index (Phi) is 32.9. The van der Waals surface area contributed by atoms with Crippen molar-refractivity contribution in [3.8, 4) is 0 Å². The van der Waals surface area contributed by atoms with E-state index in [2.05, 4.69) is 37.8 Å². The summed E-state index contributed by atoms with van der Waals surface area (Å²) in [6, 6.07) is 2.31. The first-order valence-corrected chi connectivity index (χ1v) is 27.1. The molecule has 56 heavy (non-hydrogen) atoms. The third-order valence-electron chi connectivity index (χ3n) is 10.1. The molecule has 336 valence electrons. The van der Waals surface area contributed by atoms with Crippen molar-refractivity contribution in [2.75, 3.05) is 61.3 Å². The summed E-state index contributed by atoms with van der Waals surface area (Å²) in [5, 5.41) is 0. The third-order valence-corrected chi connectivity index (χ3v) is 17.6. The predicted octanol–water partition coefficient (Wildman–Crippen LogP) is 10.3. The number of carbonyl (C=O) groups excluding carboxylic acids is 4. The van der Waals surface area contributed by atoms with E-state index < -0.39 is 16.6 Å². The highest BCUT2D eigenvalue weighted by molar-refractivity contribution is 6.84. The SMILES string of the molecule is CCC(C)(C)C(=O)OC.CCC(C)(C)C(=O)OCCN(C)C.CCC(C)(C)C(=O)OCCOC.CCCC[Si](C)(C)O[Si](C)(C)CCCOC(=O)C(C)(C)CC. The van der Waals surface area contributed by atoms with Crippen molar-refractivity contribution in [3.63, 3.8) is 0 Å². The van der Waals surface area contributed by atoms with Crippen LogP contribution in [0, 0.1) is 21.7 Å². The fraction of sp³-hybridized carbons (Fsp3) is 0.907. The monoisotopic (exact) mass is 838 g/mol. The van der Waals surface area contributed by atoms with Gasteiger partial charge in [0.05, 0.1) is 42.0 Å². The van der Waals surface area contributed by atoms with E-state index in [1.807, 2.05) is 102 Å². The predicted molar refractivity (Wildman–Crippen MR) is 237 cm³/mol. The lowest BCUT2D eigenvalue weighted by atomic mass is 9.91. The van der Waals surface area contributed by atoms with E-state index in [4.69, 9.17) is 23.1 Å². The highest BCUT2D eigenvalue weighted by Gasteiger charge is 2.33. The zero-order valence-electron chi connectivity index (χ0n) is 40.4. The Morgan fingerprint density at radius 1 is 0.500 bits per heavy atom. The summed E-state index contributed by atoms with van der Waals surface area (Å²) >= 11 is 0. The zero-order valence-corrected chi connectivity index (χ0v) is 42.4. The molecular weight excluding hydrogens is 747 g/mol. The van der Waals surface area contributed by atoms with Crippen LogP contribution in [-0.4, -0.2) is 107 Å². The number of carbonyl (C=O) groups is 4. The molecule has 0 amide bonds. The van der Waals surface area contributed by atoms with E-state index in [1.54, 1.807) is 7.11 Å². The number of methoxy groups -OCH3 is 2. The summed E-state index contributed by atoms with van der Waals surface area (Å²) in [4.78, 5) is 47.5. The maximum Gasteiger partial charge on any atom is 0.311 e. The van der Waals surface area contributed by atoms with Crippen LogP contribution in [0.4, 0.5) is 0 Å². The number of rotatable bonds is 23. The highest BCUT2D eigenvalue weighted by atomic mass is 28.4. The molecule has 0 aliphatic rings. The molecule has 0 saturated carbocycles. The van der Waals surface area contributed by atoms with Crippen LogP contribution in [0.15, 0.2) is 0 Å². The van der Waals surface area contributed by atoms with Gasteiger partial charge in [0.25, 0.3) is 0 Å². The van der Waals surface area contributed by atoms with Crippen molar-refractivity contribution in [2.24, 2.45) is 21.7 Å². The van der Waals surface area contributed by atoms with Crippen molar-refractivity contribution < 1.29 is 47.0 Å². The van der Waals surface area contributed by atoms with E-state index in [1.165, 1.54) is 26.0 Å². The van der Waals surface area contributed by atoms with E-state index in [-0.39, 0.29) is 45.5 Å². The fourth-order valence-electron chi connectivity index (χ4n) is 4.09. The Bertz CT molecular complexity index is 1070. The number of esters is 4. The number of unbranched alkanes of at least 4 members (excludes halogenated alkanes) is 1. The second-order valence-corrected chi connectivity index (χ2v) is 27.3. The third kappa shape index (κ3) is 31.2. The zero-order chi connectivity index (χ0) is 45.0. The molecule has 11 nitrogen and oxygen atoms in total. The Hall–Kier alpha value is -1.81. The molecule has 0 fully saturated rings. The van der Waals surface area contributed by atoms with Crippen LogP contribution >= 0.6 is 0 Å². The normalized spacial score (nSPS) is 12.2. The van der Waals surface area contributed by atoms with Gasteiger partial charge in [0, 0.05) is 13.7 Å². The van der Waals surface area contributed by atoms with Gasteiger partial charge in [-0.15, -0.1) is 0 Å². The summed E-state index contributed by atoms with van der Waals surface area (Å²) in [6.07, 6.45) is 6.67. The van der Waals surface area contributed by atoms with Crippen molar-refractivity contribution >= 4 is 40.5 Å². The first kappa shape index (κ1) is 60.9. The molecule has 0 radical (unpaired) electrons. The average Bonchev–Trinajstić information content (AvgIpc) is 3.12. The van der Waals surface area contributed by atoms with Crippen molar-refractivity contribution in [1.82, 2.24) is 4.90 Å². The van der Waals surface area contributed by atoms with Crippen molar-refractivity contribution in [1.29, 1.82) is 0 Å². The van der Waals surface area contributed by atoms with Gasteiger partial charge in [0.15, 0.2) is 16.6 Å². The molecule has 0 bridgehead atoms. The van der Waals surface area contributed by atoms with Crippen LogP contribution in [0.5, 0.6) is 0 Å². The fourth-order valence-corrected chi connectivity index (χ4v) is 13.1. The first-order chi connectivity index (χ1) is 25.4. The van der Waals surface area contributed by atoms with Gasteiger partial charge < -0.3 is 32.7 Å². The molecule has 0 aromatic rings. The lowest BCUT2D eigenvalue weighted by molar-refractivity contribution is -0.155. The van der Waals surface area contributed by atoms with E-state index in [9.17, 15) is 19.2 Å². The van der Waals surface area contributed by atoms with Gasteiger partial charge in [0.1, 0.15) is 13.2 Å². The average molecular weight is 838 g/mol. The van der Waals surface area contributed by atoms with Crippen LogP contribution in [0.25, 0.3) is 0 Å². The van der Waals surface area contributed by atoms with E-state index in [0.717, 1.165) is 44.7 Å². The first-order valence-electron chi connectivity index (χ1n) is 20.9. The van der Waals surface area contributed by atoms with E-state index >= 15 is 0 Å². The molecule has 0 aliphatic heterocycles. The van der Waals surface area contributed by atoms with Crippen molar-refractivity contribution in [2.45, 2.75) is 173 Å². The minimum atomic E-state index is -1.64. The summed E-state index contributed by atoms with van der Waals surface area (Å²) in [5.74, 6) is -0.461. The standard InChI is InChI=1S/C17H38O3Si2.C10H21NO2.C9H18O3.C7H14O2/c1-9-11-14-21(5,6)20-22(7,8)15-12-13-19-16(18)17(3,4)10-2;1-6-10(2,3)9(12)13-8-7-11(4)5;1-5-9(2,3)8(10)12-7-6-11-4;1-5-7(2,3)6(8)9-4/h9-15H2,1-8H3;6-8H2,1-5H3;5-7H2,1-4H3;5H2,1-4H3. The molecule has 0 rings (SSSR count). The molecule has 0 saturated heterocycles. The lowest BCUT2D eigenvalue weighted by Gasteiger charge is -2.34. The van der Waals surface area contributed by atoms with Gasteiger partial charge >= 0.3 is 23.9 Å². The summed E-state index contributed by atoms with van der Waals surface area (Å²) < 4.78 is 31.4. The Morgan fingerprint density at radius 2 is 0.839 bits per heavy atom. The molecule has 0 heterocycles. The number of ether oxygens (including phenoxy) is 5. The summed E-state index contributed by atoms with van der Waals surface area (Å²) in [7, 11) is 3.74. The maximum absolute atomic E-state index is 11.9. The van der Waals surface area contributed by atoms with Gasteiger partial charge in [-0.3, -0.25) is 19.2 Å². The lowest BCUT2D eigenvalue weighted by Crippen LogP contribution is -2.44. The molecule has 0 N–H and O–H groups in total. The largest absolute Gasteiger partial charge is 0.469 e. The van der Waals surface area contributed by atoms with Crippen LogP contribution in [0.1, 0.15) is 135 Å². The van der Waals surface area contributed by atoms with Crippen LogP contribution in [-0.2, 0) is 47.0 Å².